The number of methoxy groups -OCH3 is 1. The van der Waals surface area contributed by atoms with Crippen LogP contribution in [0, 0.1) is 5.92 Å². The van der Waals surface area contributed by atoms with Crippen molar-refractivity contribution in [2.24, 2.45) is 5.92 Å². The fourth-order valence-corrected chi connectivity index (χ4v) is 2.90. The highest BCUT2D eigenvalue weighted by Gasteiger charge is 2.39. The van der Waals surface area contributed by atoms with Gasteiger partial charge in [-0.2, -0.15) is 0 Å². The number of nitrogens with zero attached hydrogens (tertiary/aromatic N) is 2. The number of carbonyl (C=O) groups excluding carboxylic acids is 2. The van der Waals surface area contributed by atoms with Gasteiger partial charge in [0.15, 0.2) is 0 Å². The molecule has 2 amide bonds. The predicted molar refractivity (Wildman–Crippen MR) is 81.2 cm³/mol. The minimum Gasteiger partial charge on any atom is -0.481 e. The van der Waals surface area contributed by atoms with Crippen molar-refractivity contribution < 1.29 is 14.3 Å². The molecule has 1 aliphatic carbocycles. The Kier molecular flexibility index (Phi) is 3.79. The van der Waals surface area contributed by atoms with E-state index < -0.39 is 0 Å². The second-order valence-electron chi connectivity index (χ2n) is 5.55. The second kappa shape index (κ2) is 5.75. The van der Waals surface area contributed by atoms with Crippen molar-refractivity contribution in [2.45, 2.75) is 19.8 Å². The van der Waals surface area contributed by atoms with Gasteiger partial charge in [0.25, 0.3) is 11.8 Å². The molecule has 0 fully saturated rings. The molecule has 1 unspecified atom stereocenters. The highest BCUT2D eigenvalue weighted by Crippen LogP contribution is 2.33. The molecule has 5 nitrogen and oxygen atoms in total. The molecule has 0 N–H and O–H groups in total. The van der Waals surface area contributed by atoms with Crippen LogP contribution in [0.1, 0.15) is 19.0 Å². The van der Waals surface area contributed by atoms with E-state index in [4.69, 9.17) is 4.74 Å². The lowest BCUT2D eigenvalue weighted by molar-refractivity contribution is -0.137. The van der Waals surface area contributed by atoms with E-state index in [1.807, 2.05) is 25.1 Å². The number of carbonyl (C=O) groups is 2. The van der Waals surface area contributed by atoms with Crippen molar-refractivity contribution in [2.75, 3.05) is 13.7 Å². The van der Waals surface area contributed by atoms with E-state index in [0.29, 0.717) is 30.0 Å². The highest BCUT2D eigenvalue weighted by atomic mass is 16.5. The molecule has 0 saturated carbocycles. The van der Waals surface area contributed by atoms with Crippen LogP contribution < -0.4 is 4.74 Å². The molecule has 1 atom stereocenters. The minimum absolute atomic E-state index is 0.108. The van der Waals surface area contributed by atoms with Crippen LogP contribution in [0.2, 0.25) is 0 Å². The zero-order valence-corrected chi connectivity index (χ0v) is 12.7. The molecule has 22 heavy (non-hydrogen) atoms. The topological polar surface area (TPSA) is 59.5 Å². The number of rotatable bonds is 4. The van der Waals surface area contributed by atoms with Crippen molar-refractivity contribution in [3.63, 3.8) is 0 Å². The van der Waals surface area contributed by atoms with Crippen LogP contribution in [0.5, 0.6) is 5.88 Å². The molecule has 1 aliphatic heterocycles. The Bertz CT molecular complexity index is 691. The first kappa shape index (κ1) is 14.5. The highest BCUT2D eigenvalue weighted by molar-refractivity contribution is 6.21. The standard InChI is InChI=1S/C17H18N2O3/c1-11-5-3-7-13-15(11)17(21)19(16(13)20)10-9-12-6-4-8-14(18-12)22-2/h3-4,6-8,11H,5,9-10H2,1-2H3. The summed E-state index contributed by atoms with van der Waals surface area (Å²) < 4.78 is 5.08. The van der Waals surface area contributed by atoms with Gasteiger partial charge in [-0.3, -0.25) is 14.5 Å². The number of aromatic nitrogens is 1. The summed E-state index contributed by atoms with van der Waals surface area (Å²) >= 11 is 0. The molecule has 5 heteroatoms. The normalized spacial score (nSPS) is 20.6. The molecular formula is C17H18N2O3. The molecule has 2 aliphatic rings. The SMILES string of the molecule is COc1cccc(CCN2C(=O)C3=C(C2=O)C(C)CC=C3)n1. The maximum Gasteiger partial charge on any atom is 0.261 e. The maximum atomic E-state index is 12.5. The Morgan fingerprint density at radius 2 is 2.14 bits per heavy atom. The Morgan fingerprint density at radius 3 is 2.86 bits per heavy atom. The van der Waals surface area contributed by atoms with Gasteiger partial charge >= 0.3 is 0 Å². The summed E-state index contributed by atoms with van der Waals surface area (Å²) in [5.41, 5.74) is 2.02. The number of allylic oxidation sites excluding steroid dienone is 1. The van der Waals surface area contributed by atoms with Crippen LogP contribution in [0.15, 0.2) is 41.5 Å². The van der Waals surface area contributed by atoms with E-state index in [2.05, 4.69) is 4.98 Å². The van der Waals surface area contributed by atoms with Crippen LogP contribution in [-0.4, -0.2) is 35.4 Å². The van der Waals surface area contributed by atoms with Crippen molar-refractivity contribution in [3.05, 3.63) is 47.2 Å². The first-order valence-electron chi connectivity index (χ1n) is 7.38. The van der Waals surface area contributed by atoms with E-state index in [0.717, 1.165) is 12.1 Å². The van der Waals surface area contributed by atoms with Gasteiger partial charge in [0.05, 0.1) is 7.11 Å². The molecule has 2 heterocycles. The monoisotopic (exact) mass is 298 g/mol. The Labute approximate surface area is 129 Å². The molecule has 0 aromatic carbocycles. The largest absolute Gasteiger partial charge is 0.481 e. The second-order valence-corrected chi connectivity index (χ2v) is 5.55. The summed E-state index contributed by atoms with van der Waals surface area (Å²) in [6.07, 6.45) is 5.07. The molecule has 0 saturated heterocycles. The summed E-state index contributed by atoms with van der Waals surface area (Å²) in [5.74, 6) is 0.299. The fourth-order valence-electron chi connectivity index (χ4n) is 2.90. The third kappa shape index (κ3) is 2.43. The summed E-state index contributed by atoms with van der Waals surface area (Å²) in [6.45, 7) is 2.32. The zero-order chi connectivity index (χ0) is 15.7. The lowest BCUT2D eigenvalue weighted by Gasteiger charge is -2.16. The smallest absolute Gasteiger partial charge is 0.261 e. The third-order valence-corrected chi connectivity index (χ3v) is 4.09. The molecule has 0 radical (unpaired) electrons. The number of pyridine rings is 1. The number of hydrogen-bond acceptors (Lipinski definition) is 4. The van der Waals surface area contributed by atoms with E-state index in [9.17, 15) is 9.59 Å². The maximum absolute atomic E-state index is 12.5. The number of hydrogen-bond donors (Lipinski definition) is 0. The van der Waals surface area contributed by atoms with Gasteiger partial charge in [-0.05, 0) is 18.4 Å². The molecule has 114 valence electrons. The average Bonchev–Trinajstić information content (AvgIpc) is 2.78. The third-order valence-electron chi connectivity index (χ3n) is 4.09. The van der Waals surface area contributed by atoms with E-state index in [1.165, 1.54) is 4.90 Å². The fraction of sp³-hybridized carbons (Fsp3) is 0.353. The zero-order valence-electron chi connectivity index (χ0n) is 12.7. The van der Waals surface area contributed by atoms with Crippen molar-refractivity contribution in [1.29, 1.82) is 0 Å². The molecule has 0 spiro atoms. The van der Waals surface area contributed by atoms with Crippen molar-refractivity contribution in [3.8, 4) is 5.88 Å². The average molecular weight is 298 g/mol. The van der Waals surface area contributed by atoms with Gasteiger partial charge in [-0.1, -0.05) is 25.1 Å². The molecule has 3 rings (SSSR count). The lowest BCUT2D eigenvalue weighted by Crippen LogP contribution is -2.34. The van der Waals surface area contributed by atoms with Crippen LogP contribution in [0.4, 0.5) is 0 Å². The van der Waals surface area contributed by atoms with Gasteiger partial charge in [-0.15, -0.1) is 0 Å². The van der Waals surface area contributed by atoms with Crippen molar-refractivity contribution in [1.82, 2.24) is 9.88 Å². The van der Waals surface area contributed by atoms with E-state index in [1.54, 1.807) is 19.3 Å². The van der Waals surface area contributed by atoms with Crippen LogP contribution in [0.25, 0.3) is 0 Å². The lowest BCUT2D eigenvalue weighted by atomic mass is 9.90. The molecule has 1 aromatic heterocycles. The van der Waals surface area contributed by atoms with Crippen LogP contribution in [0.3, 0.4) is 0 Å². The Morgan fingerprint density at radius 1 is 1.32 bits per heavy atom. The molecule has 1 aromatic rings. The minimum atomic E-state index is -0.189. The summed E-state index contributed by atoms with van der Waals surface area (Å²) in [6, 6.07) is 5.48. The first-order chi connectivity index (χ1) is 10.6. The van der Waals surface area contributed by atoms with Gasteiger partial charge < -0.3 is 4.74 Å². The van der Waals surface area contributed by atoms with Crippen LogP contribution >= 0.6 is 0 Å². The Hall–Kier alpha value is -2.43. The van der Waals surface area contributed by atoms with E-state index in [-0.39, 0.29) is 17.7 Å². The van der Waals surface area contributed by atoms with Gasteiger partial charge in [0.2, 0.25) is 5.88 Å². The summed E-state index contributed by atoms with van der Waals surface area (Å²) in [7, 11) is 1.56. The van der Waals surface area contributed by atoms with E-state index >= 15 is 0 Å². The van der Waals surface area contributed by atoms with Gasteiger partial charge in [0.1, 0.15) is 0 Å². The predicted octanol–water partition coefficient (Wildman–Crippen LogP) is 1.89. The quantitative estimate of drug-likeness (QED) is 0.797. The van der Waals surface area contributed by atoms with Gasteiger partial charge in [-0.25, -0.2) is 4.98 Å². The molecular weight excluding hydrogens is 280 g/mol. The Balaban J connectivity index is 1.73. The molecule has 0 bridgehead atoms. The summed E-state index contributed by atoms with van der Waals surface area (Å²) in [4.78, 5) is 30.5. The summed E-state index contributed by atoms with van der Waals surface area (Å²) in [5, 5.41) is 0. The van der Waals surface area contributed by atoms with Crippen molar-refractivity contribution >= 4 is 11.8 Å². The number of ether oxygens (including phenoxy) is 1. The van der Waals surface area contributed by atoms with Crippen LogP contribution in [-0.2, 0) is 16.0 Å². The van der Waals surface area contributed by atoms with Gasteiger partial charge in [0, 0.05) is 35.9 Å². The number of amides is 2. The number of imide groups is 1. The first-order valence-corrected chi connectivity index (χ1v) is 7.38.